The summed E-state index contributed by atoms with van der Waals surface area (Å²) in [7, 11) is 0. The van der Waals surface area contributed by atoms with Crippen LogP contribution in [-0.4, -0.2) is 32.6 Å². The molecule has 1 unspecified atom stereocenters. The highest BCUT2D eigenvalue weighted by atomic mass is 19.4. The summed E-state index contributed by atoms with van der Waals surface area (Å²) in [6, 6.07) is 2.74. The molecular formula is C18H21F3N6O2. The Morgan fingerprint density at radius 3 is 2.52 bits per heavy atom. The molecule has 1 heterocycles. The van der Waals surface area contributed by atoms with Crippen LogP contribution >= 0.6 is 0 Å². The summed E-state index contributed by atoms with van der Waals surface area (Å²) in [6.07, 6.45) is -0.941. The number of carbonyl (C=O) groups excluding carboxylic acids is 2. The predicted octanol–water partition coefficient (Wildman–Crippen LogP) is 1.87. The second kappa shape index (κ2) is 8.86. The highest BCUT2D eigenvalue weighted by molar-refractivity contribution is 5.92. The minimum absolute atomic E-state index is 0.0699. The van der Waals surface area contributed by atoms with Gasteiger partial charge in [0.15, 0.2) is 5.82 Å². The molecule has 11 heteroatoms. The van der Waals surface area contributed by atoms with Crippen molar-refractivity contribution in [3.63, 3.8) is 0 Å². The van der Waals surface area contributed by atoms with Gasteiger partial charge in [-0.1, -0.05) is 13.8 Å². The maximum atomic E-state index is 13.0. The summed E-state index contributed by atoms with van der Waals surface area (Å²) in [6.45, 7) is 5.07. The van der Waals surface area contributed by atoms with E-state index in [4.69, 9.17) is 5.73 Å². The lowest BCUT2D eigenvalue weighted by Crippen LogP contribution is -2.50. The van der Waals surface area contributed by atoms with Crippen LogP contribution in [0.4, 0.5) is 13.2 Å². The standard InChI is InChI=1S/C18H21F3N6O2/c1-10(2)15(22)17(29)25-24-14(28)4-5-27-9-23-16(26-27)12-6-11(3)7-13(8-12)18(19,20)21/h4-10,15H,22H2,1-3H3,(H,24,28)(H,25,29)/b5-4-. The average Bonchev–Trinajstić information content (AvgIpc) is 3.11. The number of hydrogen-bond acceptors (Lipinski definition) is 5. The predicted molar refractivity (Wildman–Crippen MR) is 99.6 cm³/mol. The number of aryl methyl sites for hydroxylation is 1. The molecule has 29 heavy (non-hydrogen) atoms. The summed E-state index contributed by atoms with van der Waals surface area (Å²) < 4.78 is 40.0. The molecule has 2 amide bonds. The van der Waals surface area contributed by atoms with Gasteiger partial charge in [0, 0.05) is 17.8 Å². The fourth-order valence-electron chi connectivity index (χ4n) is 2.25. The molecule has 0 aliphatic heterocycles. The van der Waals surface area contributed by atoms with E-state index in [-0.39, 0.29) is 17.3 Å². The van der Waals surface area contributed by atoms with Gasteiger partial charge in [0.25, 0.3) is 11.8 Å². The quantitative estimate of drug-likeness (QED) is 0.514. The molecule has 1 aromatic carbocycles. The number of hydrazine groups is 1. The van der Waals surface area contributed by atoms with E-state index < -0.39 is 29.6 Å². The third kappa shape index (κ3) is 6.14. The Morgan fingerprint density at radius 2 is 1.90 bits per heavy atom. The van der Waals surface area contributed by atoms with E-state index >= 15 is 0 Å². The number of nitrogens with two attached hydrogens (primary N) is 1. The monoisotopic (exact) mass is 410 g/mol. The van der Waals surface area contributed by atoms with Crippen LogP contribution in [-0.2, 0) is 15.8 Å². The number of carbonyl (C=O) groups is 2. The molecule has 2 rings (SSSR count). The van der Waals surface area contributed by atoms with Gasteiger partial charge in [-0.2, -0.15) is 13.2 Å². The lowest BCUT2D eigenvalue weighted by Gasteiger charge is -2.14. The van der Waals surface area contributed by atoms with Gasteiger partial charge in [0.05, 0.1) is 11.6 Å². The summed E-state index contributed by atoms with van der Waals surface area (Å²) in [5.74, 6) is -1.22. The van der Waals surface area contributed by atoms with Gasteiger partial charge in [0.1, 0.15) is 6.33 Å². The van der Waals surface area contributed by atoms with Crippen LogP contribution in [0.1, 0.15) is 25.0 Å². The maximum absolute atomic E-state index is 13.0. The number of rotatable bonds is 5. The van der Waals surface area contributed by atoms with Gasteiger partial charge >= 0.3 is 6.18 Å². The third-order valence-corrected chi connectivity index (χ3v) is 3.88. The summed E-state index contributed by atoms with van der Waals surface area (Å²) in [5.41, 5.74) is 9.82. The van der Waals surface area contributed by atoms with Gasteiger partial charge in [-0.15, -0.1) is 5.10 Å². The highest BCUT2D eigenvalue weighted by Crippen LogP contribution is 2.32. The van der Waals surface area contributed by atoms with E-state index in [1.54, 1.807) is 20.8 Å². The van der Waals surface area contributed by atoms with Crippen molar-refractivity contribution < 1.29 is 22.8 Å². The minimum atomic E-state index is -4.48. The second-order valence-corrected chi connectivity index (χ2v) is 6.70. The Labute approximate surface area is 165 Å². The molecule has 2 aromatic rings. The summed E-state index contributed by atoms with van der Waals surface area (Å²) in [5, 5.41) is 4.03. The molecular weight excluding hydrogens is 389 g/mol. The summed E-state index contributed by atoms with van der Waals surface area (Å²) >= 11 is 0. The molecule has 0 saturated heterocycles. The van der Waals surface area contributed by atoms with Crippen molar-refractivity contribution in [3.05, 3.63) is 41.7 Å². The Kier molecular flexibility index (Phi) is 6.75. The third-order valence-electron chi connectivity index (χ3n) is 3.88. The fraction of sp³-hybridized carbons (Fsp3) is 0.333. The first-order chi connectivity index (χ1) is 13.5. The zero-order chi connectivity index (χ0) is 21.8. The molecule has 0 fully saturated rings. The van der Waals surface area contributed by atoms with Gasteiger partial charge in [-0.3, -0.25) is 20.4 Å². The highest BCUT2D eigenvalue weighted by Gasteiger charge is 2.31. The van der Waals surface area contributed by atoms with Crippen LogP contribution < -0.4 is 16.6 Å². The summed E-state index contributed by atoms with van der Waals surface area (Å²) in [4.78, 5) is 27.4. The molecule has 8 nitrogen and oxygen atoms in total. The van der Waals surface area contributed by atoms with Crippen molar-refractivity contribution in [2.75, 3.05) is 0 Å². The number of amides is 2. The normalized spacial score (nSPS) is 13.0. The molecule has 0 saturated carbocycles. The second-order valence-electron chi connectivity index (χ2n) is 6.70. The van der Waals surface area contributed by atoms with Crippen LogP contribution in [0.15, 0.2) is 30.6 Å². The van der Waals surface area contributed by atoms with Crippen molar-refractivity contribution in [1.29, 1.82) is 0 Å². The van der Waals surface area contributed by atoms with E-state index in [1.807, 2.05) is 0 Å². The van der Waals surface area contributed by atoms with Crippen molar-refractivity contribution in [3.8, 4) is 11.4 Å². The molecule has 1 atom stereocenters. The van der Waals surface area contributed by atoms with Crippen LogP contribution in [0.2, 0.25) is 0 Å². The van der Waals surface area contributed by atoms with Crippen LogP contribution in [0.5, 0.6) is 0 Å². The molecule has 0 aliphatic carbocycles. The van der Waals surface area contributed by atoms with E-state index in [9.17, 15) is 22.8 Å². The number of nitrogens with zero attached hydrogens (tertiary/aromatic N) is 3. The van der Waals surface area contributed by atoms with E-state index in [0.717, 1.165) is 22.9 Å². The first kappa shape index (κ1) is 22.1. The molecule has 1 aromatic heterocycles. The molecule has 0 spiro atoms. The van der Waals surface area contributed by atoms with Crippen molar-refractivity contribution in [1.82, 2.24) is 25.6 Å². The lowest BCUT2D eigenvalue weighted by molar-refractivity contribution is -0.137. The van der Waals surface area contributed by atoms with E-state index in [1.165, 1.54) is 18.6 Å². The number of nitrogens with one attached hydrogen (secondary N) is 2. The average molecular weight is 410 g/mol. The van der Waals surface area contributed by atoms with Gasteiger partial charge in [-0.25, -0.2) is 9.67 Å². The Morgan fingerprint density at radius 1 is 1.21 bits per heavy atom. The topological polar surface area (TPSA) is 115 Å². The molecule has 156 valence electrons. The van der Waals surface area contributed by atoms with E-state index in [0.29, 0.717) is 5.56 Å². The smallest absolute Gasteiger partial charge is 0.320 e. The minimum Gasteiger partial charge on any atom is -0.320 e. The maximum Gasteiger partial charge on any atom is 0.416 e. The molecule has 4 N–H and O–H groups in total. The van der Waals surface area contributed by atoms with Crippen LogP contribution in [0.3, 0.4) is 0 Å². The van der Waals surface area contributed by atoms with Crippen LogP contribution in [0.25, 0.3) is 17.6 Å². The van der Waals surface area contributed by atoms with Crippen molar-refractivity contribution in [2.24, 2.45) is 11.7 Å². The largest absolute Gasteiger partial charge is 0.416 e. The van der Waals surface area contributed by atoms with Crippen molar-refractivity contribution in [2.45, 2.75) is 33.0 Å². The fourth-order valence-corrected chi connectivity index (χ4v) is 2.25. The van der Waals surface area contributed by atoms with Gasteiger partial charge in [-0.05, 0) is 36.6 Å². The zero-order valence-electron chi connectivity index (χ0n) is 16.0. The van der Waals surface area contributed by atoms with Crippen LogP contribution in [0, 0.1) is 12.8 Å². The lowest BCUT2D eigenvalue weighted by atomic mass is 10.1. The van der Waals surface area contributed by atoms with Gasteiger partial charge in [0.2, 0.25) is 0 Å². The Hall–Kier alpha value is -3.21. The first-order valence-electron chi connectivity index (χ1n) is 8.61. The number of benzene rings is 1. The van der Waals surface area contributed by atoms with Crippen molar-refractivity contribution >= 4 is 18.0 Å². The first-order valence-corrected chi connectivity index (χ1v) is 8.61. The zero-order valence-corrected chi connectivity index (χ0v) is 16.0. The van der Waals surface area contributed by atoms with E-state index in [2.05, 4.69) is 20.9 Å². The number of hydrogen-bond donors (Lipinski definition) is 3. The molecule has 0 aliphatic rings. The Bertz CT molecular complexity index is 921. The number of aromatic nitrogens is 3. The number of halogens is 3. The Balaban J connectivity index is 2.04. The molecule has 0 bridgehead atoms. The SMILES string of the molecule is Cc1cc(-c2ncn(/C=C\C(=O)NNC(=O)C(N)C(C)C)n2)cc(C(F)(F)F)c1. The number of alkyl halides is 3. The molecule has 0 radical (unpaired) electrons. The van der Waals surface area contributed by atoms with Gasteiger partial charge < -0.3 is 5.73 Å².